The highest BCUT2D eigenvalue weighted by molar-refractivity contribution is 6.35. The lowest BCUT2D eigenvalue weighted by molar-refractivity contribution is -0.119. The zero-order valence-electron chi connectivity index (χ0n) is 9.23. The molecule has 1 rings (SSSR count). The normalized spacial score (nSPS) is 10.0. The average Bonchev–Trinajstić information content (AvgIpc) is 2.22. The Morgan fingerprint density at radius 1 is 1.31 bits per heavy atom. The fourth-order valence-corrected chi connectivity index (χ4v) is 1.67. The van der Waals surface area contributed by atoms with E-state index in [0.29, 0.717) is 22.3 Å². The molecule has 0 heterocycles. The molecular weight excluding hydrogens is 247 g/mol. The lowest BCUT2D eigenvalue weighted by Crippen LogP contribution is -2.29. The van der Waals surface area contributed by atoms with Crippen LogP contribution in [0.4, 0.5) is 5.69 Å². The van der Waals surface area contributed by atoms with Gasteiger partial charge >= 0.3 is 0 Å². The SMILES string of the molecule is CCNC(=O)CNc1cc(Cl)c(C)cc1Cl. The molecule has 88 valence electrons. The van der Waals surface area contributed by atoms with Gasteiger partial charge < -0.3 is 10.6 Å². The highest BCUT2D eigenvalue weighted by Gasteiger charge is 2.06. The first kappa shape index (κ1) is 13.1. The lowest BCUT2D eigenvalue weighted by atomic mass is 10.2. The first-order valence-electron chi connectivity index (χ1n) is 5.00. The number of hydrogen-bond donors (Lipinski definition) is 2. The Labute approximate surface area is 105 Å². The van der Waals surface area contributed by atoms with E-state index in [-0.39, 0.29) is 12.5 Å². The maximum Gasteiger partial charge on any atom is 0.239 e. The number of anilines is 1. The number of halogens is 2. The zero-order valence-corrected chi connectivity index (χ0v) is 10.7. The quantitative estimate of drug-likeness (QED) is 0.875. The Kier molecular flexibility index (Phi) is 4.90. The minimum absolute atomic E-state index is 0.0738. The summed E-state index contributed by atoms with van der Waals surface area (Å²) in [5.74, 6) is -0.0738. The smallest absolute Gasteiger partial charge is 0.239 e. The van der Waals surface area contributed by atoms with Gasteiger partial charge in [-0.1, -0.05) is 23.2 Å². The van der Waals surface area contributed by atoms with Gasteiger partial charge in [0.15, 0.2) is 0 Å². The maximum atomic E-state index is 11.2. The Morgan fingerprint density at radius 3 is 2.62 bits per heavy atom. The van der Waals surface area contributed by atoms with Crippen LogP contribution in [0.1, 0.15) is 12.5 Å². The monoisotopic (exact) mass is 260 g/mol. The maximum absolute atomic E-state index is 11.2. The van der Waals surface area contributed by atoms with Gasteiger partial charge in [0, 0.05) is 11.6 Å². The molecule has 0 bridgehead atoms. The van der Waals surface area contributed by atoms with Crippen LogP contribution in [0.3, 0.4) is 0 Å². The van der Waals surface area contributed by atoms with Gasteiger partial charge in [-0.25, -0.2) is 0 Å². The van der Waals surface area contributed by atoms with Crippen molar-refractivity contribution in [2.24, 2.45) is 0 Å². The second-order valence-corrected chi connectivity index (χ2v) is 4.20. The number of hydrogen-bond acceptors (Lipinski definition) is 2. The number of carbonyl (C=O) groups is 1. The summed E-state index contributed by atoms with van der Waals surface area (Å²) in [5.41, 5.74) is 1.58. The van der Waals surface area contributed by atoms with Gasteiger partial charge in [-0.3, -0.25) is 4.79 Å². The van der Waals surface area contributed by atoms with Gasteiger partial charge in [0.1, 0.15) is 0 Å². The number of aryl methyl sites for hydroxylation is 1. The van der Waals surface area contributed by atoms with Crippen LogP contribution in [-0.4, -0.2) is 19.0 Å². The molecule has 2 N–H and O–H groups in total. The van der Waals surface area contributed by atoms with Crippen molar-refractivity contribution in [3.8, 4) is 0 Å². The van der Waals surface area contributed by atoms with Crippen molar-refractivity contribution in [2.45, 2.75) is 13.8 Å². The van der Waals surface area contributed by atoms with E-state index in [1.54, 1.807) is 12.1 Å². The second-order valence-electron chi connectivity index (χ2n) is 3.39. The Morgan fingerprint density at radius 2 is 2.00 bits per heavy atom. The summed E-state index contributed by atoms with van der Waals surface area (Å²) < 4.78 is 0. The highest BCUT2D eigenvalue weighted by Crippen LogP contribution is 2.28. The van der Waals surface area contributed by atoms with E-state index in [1.165, 1.54) is 0 Å². The van der Waals surface area contributed by atoms with Crippen LogP contribution in [0.15, 0.2) is 12.1 Å². The minimum Gasteiger partial charge on any atom is -0.375 e. The molecule has 0 aliphatic heterocycles. The van der Waals surface area contributed by atoms with Gasteiger partial charge in [-0.05, 0) is 31.5 Å². The van der Waals surface area contributed by atoms with Crippen LogP contribution in [0.5, 0.6) is 0 Å². The lowest BCUT2D eigenvalue weighted by Gasteiger charge is -2.10. The summed E-state index contributed by atoms with van der Waals surface area (Å²) in [6.45, 7) is 4.55. The molecular formula is C11H14Cl2N2O. The predicted octanol–water partition coefficient (Wildman–Crippen LogP) is 2.85. The van der Waals surface area contributed by atoms with E-state index in [4.69, 9.17) is 23.2 Å². The van der Waals surface area contributed by atoms with Crippen molar-refractivity contribution in [3.63, 3.8) is 0 Å². The molecule has 0 aliphatic rings. The van der Waals surface area contributed by atoms with Crippen molar-refractivity contribution >= 4 is 34.8 Å². The molecule has 3 nitrogen and oxygen atoms in total. The van der Waals surface area contributed by atoms with Gasteiger partial charge in [0.2, 0.25) is 5.91 Å². The molecule has 1 aromatic carbocycles. The molecule has 0 saturated carbocycles. The molecule has 5 heteroatoms. The van der Waals surface area contributed by atoms with E-state index in [9.17, 15) is 4.79 Å². The van der Waals surface area contributed by atoms with Gasteiger partial charge in [-0.2, -0.15) is 0 Å². The van der Waals surface area contributed by atoms with Crippen LogP contribution < -0.4 is 10.6 Å². The third-order valence-electron chi connectivity index (χ3n) is 2.06. The average molecular weight is 261 g/mol. The molecule has 0 atom stereocenters. The van der Waals surface area contributed by atoms with Crippen LogP contribution >= 0.6 is 23.2 Å². The number of amides is 1. The number of benzene rings is 1. The van der Waals surface area contributed by atoms with Gasteiger partial charge in [-0.15, -0.1) is 0 Å². The zero-order chi connectivity index (χ0) is 12.1. The molecule has 0 radical (unpaired) electrons. The van der Waals surface area contributed by atoms with E-state index in [2.05, 4.69) is 10.6 Å². The largest absolute Gasteiger partial charge is 0.375 e. The van der Waals surface area contributed by atoms with E-state index in [1.807, 2.05) is 13.8 Å². The first-order valence-corrected chi connectivity index (χ1v) is 5.76. The van der Waals surface area contributed by atoms with Crippen molar-refractivity contribution in [2.75, 3.05) is 18.4 Å². The van der Waals surface area contributed by atoms with E-state index >= 15 is 0 Å². The van der Waals surface area contributed by atoms with E-state index < -0.39 is 0 Å². The second kappa shape index (κ2) is 5.97. The topological polar surface area (TPSA) is 41.1 Å². The molecule has 0 aliphatic carbocycles. The summed E-state index contributed by atoms with van der Waals surface area (Å²) >= 11 is 12.0. The van der Waals surface area contributed by atoms with Crippen LogP contribution in [0.2, 0.25) is 10.0 Å². The van der Waals surface area contributed by atoms with Crippen LogP contribution in [-0.2, 0) is 4.79 Å². The fraction of sp³-hybridized carbons (Fsp3) is 0.364. The third kappa shape index (κ3) is 3.58. The number of rotatable bonds is 4. The fourth-order valence-electron chi connectivity index (χ4n) is 1.22. The molecule has 16 heavy (non-hydrogen) atoms. The third-order valence-corrected chi connectivity index (χ3v) is 2.78. The van der Waals surface area contributed by atoms with E-state index in [0.717, 1.165) is 5.56 Å². The highest BCUT2D eigenvalue weighted by atomic mass is 35.5. The standard InChI is InChI=1S/C11H14Cl2N2O/c1-3-14-11(16)6-15-10-5-8(12)7(2)4-9(10)13/h4-5,15H,3,6H2,1-2H3,(H,14,16). The number of carbonyl (C=O) groups excluding carboxylic acids is 1. The van der Waals surface area contributed by atoms with Crippen LogP contribution in [0, 0.1) is 6.92 Å². The predicted molar refractivity (Wildman–Crippen MR) is 68.4 cm³/mol. The number of nitrogens with one attached hydrogen (secondary N) is 2. The summed E-state index contributed by atoms with van der Waals surface area (Å²) in [7, 11) is 0. The summed E-state index contributed by atoms with van der Waals surface area (Å²) in [6.07, 6.45) is 0. The minimum atomic E-state index is -0.0738. The molecule has 1 aromatic rings. The molecule has 0 fully saturated rings. The molecule has 0 aromatic heterocycles. The molecule has 0 saturated heterocycles. The van der Waals surface area contributed by atoms with Gasteiger partial charge in [0.05, 0.1) is 17.3 Å². The summed E-state index contributed by atoms with van der Waals surface area (Å²) in [6, 6.07) is 3.49. The van der Waals surface area contributed by atoms with Crippen molar-refractivity contribution < 1.29 is 4.79 Å². The number of likely N-dealkylation sites (N-methyl/N-ethyl adjacent to an activating group) is 1. The Hall–Kier alpha value is -0.930. The molecule has 0 unspecified atom stereocenters. The van der Waals surface area contributed by atoms with Gasteiger partial charge in [0.25, 0.3) is 0 Å². The van der Waals surface area contributed by atoms with Crippen molar-refractivity contribution in [1.29, 1.82) is 0 Å². The molecule has 1 amide bonds. The van der Waals surface area contributed by atoms with Crippen molar-refractivity contribution in [1.82, 2.24) is 5.32 Å². The summed E-state index contributed by atoms with van der Waals surface area (Å²) in [4.78, 5) is 11.2. The molecule has 0 spiro atoms. The Balaban J connectivity index is 2.67. The first-order chi connectivity index (χ1) is 7.54. The van der Waals surface area contributed by atoms with Crippen molar-refractivity contribution in [3.05, 3.63) is 27.7 Å². The Bertz CT molecular complexity index is 394. The van der Waals surface area contributed by atoms with Crippen LogP contribution in [0.25, 0.3) is 0 Å². The summed E-state index contributed by atoms with van der Waals surface area (Å²) in [5, 5.41) is 6.81.